The van der Waals surface area contributed by atoms with E-state index in [4.69, 9.17) is 27.2 Å². The molecule has 0 aliphatic rings. The van der Waals surface area contributed by atoms with Crippen molar-refractivity contribution < 1.29 is 9.53 Å². The van der Waals surface area contributed by atoms with Crippen LogP contribution >= 0.6 is 23.4 Å². The fourth-order valence-corrected chi connectivity index (χ4v) is 4.37. The molecule has 4 aromatic rings. The Morgan fingerprint density at radius 3 is 2.16 bits per heavy atom. The first kappa shape index (κ1) is 43.0. The fourth-order valence-electron chi connectivity index (χ4n) is 4.24. The highest BCUT2D eigenvalue weighted by atomic mass is 35.5. The fraction of sp³-hybridized carbons (Fsp3) is 0.375. The van der Waals surface area contributed by atoms with Crippen LogP contribution < -0.4 is 10.1 Å². The van der Waals surface area contributed by atoms with E-state index in [0.717, 1.165) is 63.3 Å². The molecule has 0 aliphatic carbocycles. The molecule has 1 heterocycles. The van der Waals surface area contributed by atoms with E-state index >= 15 is 0 Å². The van der Waals surface area contributed by atoms with Crippen molar-refractivity contribution in [2.24, 2.45) is 10.9 Å². The van der Waals surface area contributed by atoms with E-state index in [2.05, 4.69) is 47.3 Å². The molecule has 3 aromatic carbocycles. The standard InChI is InChI=1S/C18H19ClN2O.C14H16N2O.C6H13N.C2H6S/c1-12-4-9-16(22-3)10-17(12)18(21-11-13(2)20)14-5-7-15(19)8-6-14;1-10-3-5-13-9-12(4-6-14(13)16-10)7-8-15-11(2)17;1-4-5(2)6(3)7;1-3-2/h4-10,20H,11H2,1-3H3;3-6,9H,7-8H2,1-2H3,(H,15,17);5,7H,4H2,1-3H3;1-2H3. The third kappa shape index (κ3) is 16.8. The molecule has 1 aromatic heterocycles. The van der Waals surface area contributed by atoms with Crippen molar-refractivity contribution in [3.05, 3.63) is 106 Å². The molecule has 0 radical (unpaired) electrons. The minimum absolute atomic E-state index is 0.0167. The monoisotopic (exact) mass is 703 g/mol. The number of halogens is 1. The van der Waals surface area contributed by atoms with Crippen molar-refractivity contribution in [3.63, 3.8) is 0 Å². The van der Waals surface area contributed by atoms with E-state index < -0.39 is 0 Å². The molecule has 0 aliphatic heterocycles. The van der Waals surface area contributed by atoms with E-state index in [1.54, 1.807) is 25.8 Å². The number of ether oxygens (including phenoxy) is 1. The summed E-state index contributed by atoms with van der Waals surface area (Å²) in [6.07, 6.45) is 6.03. The van der Waals surface area contributed by atoms with Crippen molar-refractivity contribution in [1.29, 1.82) is 10.8 Å². The molecule has 3 N–H and O–H groups in total. The molecule has 4 rings (SSSR count). The van der Waals surface area contributed by atoms with E-state index in [1.807, 2.05) is 87.9 Å². The molecule has 0 saturated carbocycles. The smallest absolute Gasteiger partial charge is 0.216 e. The summed E-state index contributed by atoms with van der Waals surface area (Å²) in [6.45, 7) is 14.4. The Morgan fingerprint density at radius 1 is 0.980 bits per heavy atom. The number of fused-ring (bicyclic) bond motifs is 1. The number of nitrogens with one attached hydrogen (secondary N) is 3. The highest BCUT2D eigenvalue weighted by molar-refractivity contribution is 7.97. The molecule has 264 valence electrons. The number of aryl methyl sites for hydroxylation is 2. The summed E-state index contributed by atoms with van der Waals surface area (Å²) in [7, 11) is 1.65. The maximum Gasteiger partial charge on any atom is 0.216 e. The number of thioether (sulfide) groups is 1. The first-order valence-electron chi connectivity index (χ1n) is 16.3. The lowest BCUT2D eigenvalue weighted by Gasteiger charge is -2.12. The Morgan fingerprint density at radius 2 is 1.63 bits per heavy atom. The number of aromatic nitrogens is 1. The van der Waals surface area contributed by atoms with Gasteiger partial charge in [0.25, 0.3) is 0 Å². The minimum atomic E-state index is 0.0167. The van der Waals surface area contributed by atoms with Crippen LogP contribution in [0.5, 0.6) is 5.75 Å². The second-order valence-electron chi connectivity index (χ2n) is 11.7. The van der Waals surface area contributed by atoms with Gasteiger partial charge in [0.2, 0.25) is 5.91 Å². The van der Waals surface area contributed by atoms with Crippen LogP contribution in [-0.2, 0) is 11.2 Å². The molecular weight excluding hydrogens is 650 g/mol. The van der Waals surface area contributed by atoms with Gasteiger partial charge in [0.15, 0.2) is 0 Å². The average molecular weight is 704 g/mol. The summed E-state index contributed by atoms with van der Waals surface area (Å²) in [6, 6.07) is 23.8. The normalized spacial score (nSPS) is 11.0. The van der Waals surface area contributed by atoms with Crippen LogP contribution in [0.15, 0.2) is 77.8 Å². The number of hydrogen-bond acceptors (Lipinski definition) is 7. The highest BCUT2D eigenvalue weighted by Crippen LogP contribution is 2.22. The molecule has 7 nitrogen and oxygen atoms in total. The number of methoxy groups -OCH3 is 1. The van der Waals surface area contributed by atoms with Crippen LogP contribution in [0.4, 0.5) is 0 Å². The third-order valence-electron chi connectivity index (χ3n) is 7.32. The van der Waals surface area contributed by atoms with Gasteiger partial charge >= 0.3 is 0 Å². The molecule has 0 fully saturated rings. The van der Waals surface area contributed by atoms with Gasteiger partial charge in [-0.2, -0.15) is 11.8 Å². The van der Waals surface area contributed by atoms with Crippen molar-refractivity contribution in [1.82, 2.24) is 10.3 Å². The summed E-state index contributed by atoms with van der Waals surface area (Å²) < 4.78 is 5.32. The SMILES string of the molecule is CC(=O)NCCc1ccc2nc(C)ccc2c1.CCC(C)C(C)=N.COc1ccc(C)c(C(=NCC(C)=N)c2ccc(Cl)cc2)c1.CSC. The van der Waals surface area contributed by atoms with Crippen LogP contribution in [0.3, 0.4) is 0 Å². The van der Waals surface area contributed by atoms with Gasteiger partial charge in [-0.25, -0.2) is 0 Å². The van der Waals surface area contributed by atoms with Gasteiger partial charge in [0, 0.05) is 52.1 Å². The topological polar surface area (TPSA) is 111 Å². The highest BCUT2D eigenvalue weighted by Gasteiger charge is 2.11. The molecule has 49 heavy (non-hydrogen) atoms. The van der Waals surface area contributed by atoms with Crippen molar-refractivity contribution in [2.45, 2.75) is 61.3 Å². The lowest BCUT2D eigenvalue weighted by molar-refractivity contribution is -0.118. The molecule has 0 bridgehead atoms. The lowest BCUT2D eigenvalue weighted by Crippen LogP contribution is -2.22. The Kier molecular flexibility index (Phi) is 20.5. The van der Waals surface area contributed by atoms with Crippen LogP contribution in [0.1, 0.15) is 69.0 Å². The van der Waals surface area contributed by atoms with Crippen molar-refractivity contribution in [2.75, 3.05) is 32.7 Å². The first-order chi connectivity index (χ1) is 23.3. The summed E-state index contributed by atoms with van der Waals surface area (Å²) >= 11 is 7.72. The molecule has 9 heteroatoms. The predicted octanol–water partition coefficient (Wildman–Crippen LogP) is 9.81. The maximum atomic E-state index is 10.8. The van der Waals surface area contributed by atoms with Gasteiger partial charge in [0.1, 0.15) is 5.75 Å². The van der Waals surface area contributed by atoms with Gasteiger partial charge in [0.05, 0.1) is 24.9 Å². The molecule has 0 saturated heterocycles. The zero-order valence-corrected chi connectivity index (χ0v) is 32.4. The Labute approximate surface area is 303 Å². The minimum Gasteiger partial charge on any atom is -0.497 e. The molecular formula is C40H54ClN5O2S. The van der Waals surface area contributed by atoms with Gasteiger partial charge in [-0.05, 0) is 113 Å². The van der Waals surface area contributed by atoms with Gasteiger partial charge in [-0.15, -0.1) is 0 Å². The zero-order valence-electron chi connectivity index (χ0n) is 30.8. The number of rotatable bonds is 10. The predicted molar refractivity (Wildman–Crippen MR) is 214 cm³/mol. The van der Waals surface area contributed by atoms with E-state index in [-0.39, 0.29) is 5.91 Å². The van der Waals surface area contributed by atoms with Gasteiger partial charge < -0.3 is 20.9 Å². The lowest BCUT2D eigenvalue weighted by atomic mass is 9.97. The number of benzene rings is 3. The Balaban J connectivity index is 0.000000392. The maximum absolute atomic E-state index is 10.8. The second kappa shape index (κ2) is 23.4. The zero-order chi connectivity index (χ0) is 36.9. The van der Waals surface area contributed by atoms with E-state index in [1.165, 1.54) is 12.5 Å². The van der Waals surface area contributed by atoms with Crippen molar-refractivity contribution >= 4 is 57.3 Å². The summed E-state index contributed by atoms with van der Waals surface area (Å²) in [4.78, 5) is 19.8. The van der Waals surface area contributed by atoms with Crippen LogP contribution in [0.25, 0.3) is 10.9 Å². The molecule has 1 unspecified atom stereocenters. The average Bonchev–Trinajstić information content (AvgIpc) is 3.06. The Bertz CT molecular complexity index is 1670. The van der Waals surface area contributed by atoms with Crippen LogP contribution in [-0.4, -0.2) is 60.7 Å². The number of aliphatic imine (C=N–C) groups is 1. The number of hydrogen-bond donors (Lipinski definition) is 3. The van der Waals surface area contributed by atoms with Gasteiger partial charge in [-0.3, -0.25) is 14.8 Å². The number of amides is 1. The summed E-state index contributed by atoms with van der Waals surface area (Å²) in [5, 5.41) is 19.4. The van der Waals surface area contributed by atoms with Crippen molar-refractivity contribution in [3.8, 4) is 5.75 Å². The Hall–Kier alpha value is -4.01. The summed E-state index contributed by atoms with van der Waals surface area (Å²) in [5.41, 5.74) is 8.52. The van der Waals surface area contributed by atoms with Gasteiger partial charge in [-0.1, -0.05) is 55.8 Å². The summed E-state index contributed by atoms with van der Waals surface area (Å²) in [5.74, 6) is 1.29. The first-order valence-corrected chi connectivity index (χ1v) is 18.3. The molecule has 0 spiro atoms. The molecule has 1 amide bonds. The number of pyridine rings is 1. The van der Waals surface area contributed by atoms with E-state index in [0.29, 0.717) is 29.7 Å². The third-order valence-corrected chi connectivity index (χ3v) is 7.58. The van der Waals surface area contributed by atoms with Crippen LogP contribution in [0.2, 0.25) is 5.02 Å². The number of nitrogens with zero attached hydrogens (tertiary/aromatic N) is 2. The molecule has 1 atom stereocenters. The number of carbonyl (C=O) groups is 1. The quantitative estimate of drug-likeness (QED) is 0.143. The van der Waals surface area contributed by atoms with Crippen LogP contribution in [0, 0.1) is 30.6 Å². The second-order valence-corrected chi connectivity index (χ2v) is 13.0. The van der Waals surface area contributed by atoms with E-state index in [9.17, 15) is 4.79 Å². The number of carbonyl (C=O) groups excluding carboxylic acids is 1. The largest absolute Gasteiger partial charge is 0.497 e.